The van der Waals surface area contributed by atoms with Gasteiger partial charge in [0.1, 0.15) is 5.69 Å². The molecule has 2 rings (SSSR count). The van der Waals surface area contributed by atoms with E-state index in [2.05, 4.69) is 5.32 Å². The maximum atomic E-state index is 13.4. The summed E-state index contributed by atoms with van der Waals surface area (Å²) in [5.74, 6) is -11.2. The minimum atomic E-state index is -2.25. The lowest BCUT2D eigenvalue weighted by molar-refractivity contribution is -0.117. The van der Waals surface area contributed by atoms with Crippen molar-refractivity contribution in [2.45, 2.75) is 19.3 Å². The van der Waals surface area contributed by atoms with Gasteiger partial charge in [0.25, 0.3) is 0 Å². The van der Waals surface area contributed by atoms with Gasteiger partial charge >= 0.3 is 0 Å². The third kappa shape index (κ3) is 3.31. The number of rotatable bonds is 3. The van der Waals surface area contributed by atoms with Gasteiger partial charge in [-0.15, -0.1) is 0 Å². The summed E-state index contributed by atoms with van der Waals surface area (Å²) in [6.07, 6.45) is 1.40. The third-order valence-corrected chi connectivity index (χ3v) is 3.41. The van der Waals surface area contributed by atoms with Gasteiger partial charge in [-0.2, -0.15) is 0 Å². The van der Waals surface area contributed by atoms with Crippen LogP contribution in [-0.2, 0) is 4.79 Å². The summed E-state index contributed by atoms with van der Waals surface area (Å²) in [4.78, 5) is 11.7. The maximum absolute atomic E-state index is 13.4. The van der Waals surface area contributed by atoms with E-state index in [-0.39, 0.29) is 12.3 Å². The molecule has 1 heterocycles. The molecule has 0 spiro atoms. The fraction of sp³-hybridized carbons (Fsp3) is 0.462. The molecule has 2 N–H and O–H groups in total. The molecular weight excluding hydrogens is 295 g/mol. The average Bonchev–Trinajstić information content (AvgIpc) is 2.48. The summed E-state index contributed by atoms with van der Waals surface area (Å²) in [5, 5.41) is 4.86. The van der Waals surface area contributed by atoms with Crippen LogP contribution >= 0.6 is 0 Å². The molecule has 0 bridgehead atoms. The Morgan fingerprint density at radius 1 is 0.952 bits per heavy atom. The normalized spacial score (nSPS) is 16.0. The van der Waals surface area contributed by atoms with Crippen molar-refractivity contribution in [2.75, 3.05) is 18.4 Å². The number of hydrogen-bond acceptors (Lipinski definition) is 2. The van der Waals surface area contributed by atoms with E-state index in [1.54, 1.807) is 5.32 Å². The summed E-state index contributed by atoms with van der Waals surface area (Å²) in [6.45, 7) is 1.45. The van der Waals surface area contributed by atoms with Crippen molar-refractivity contribution in [2.24, 2.45) is 5.92 Å². The number of benzene rings is 1. The molecule has 0 aromatic heterocycles. The Hall–Kier alpha value is -1.70. The van der Waals surface area contributed by atoms with Gasteiger partial charge in [0, 0.05) is 6.42 Å². The van der Waals surface area contributed by atoms with E-state index >= 15 is 0 Å². The average molecular weight is 308 g/mol. The van der Waals surface area contributed by atoms with Gasteiger partial charge in [-0.25, -0.2) is 22.0 Å². The summed E-state index contributed by atoms with van der Waals surface area (Å²) in [7, 11) is 0. The first-order valence-corrected chi connectivity index (χ1v) is 6.43. The second-order valence-corrected chi connectivity index (χ2v) is 4.89. The van der Waals surface area contributed by atoms with Crippen LogP contribution in [0.4, 0.5) is 27.6 Å². The molecule has 3 nitrogen and oxygen atoms in total. The van der Waals surface area contributed by atoms with E-state index in [1.807, 2.05) is 0 Å². The van der Waals surface area contributed by atoms with E-state index < -0.39 is 40.7 Å². The molecule has 0 radical (unpaired) electrons. The van der Waals surface area contributed by atoms with E-state index in [0.29, 0.717) is 12.8 Å². The second kappa shape index (κ2) is 6.38. The number of amides is 1. The molecule has 1 aromatic carbocycles. The van der Waals surface area contributed by atoms with Crippen molar-refractivity contribution in [3.05, 3.63) is 29.1 Å². The molecule has 0 unspecified atom stereocenters. The molecule has 0 saturated carbocycles. The number of piperidine rings is 1. The summed E-state index contributed by atoms with van der Waals surface area (Å²) in [6, 6.07) is 0. The highest BCUT2D eigenvalue weighted by atomic mass is 19.2. The van der Waals surface area contributed by atoms with E-state index in [9.17, 15) is 26.7 Å². The van der Waals surface area contributed by atoms with Crippen LogP contribution in [0.3, 0.4) is 0 Å². The lowest BCUT2D eigenvalue weighted by Gasteiger charge is -2.22. The predicted molar refractivity (Wildman–Crippen MR) is 65.1 cm³/mol. The van der Waals surface area contributed by atoms with Crippen molar-refractivity contribution in [1.82, 2.24) is 5.32 Å². The first kappa shape index (κ1) is 15.7. The van der Waals surface area contributed by atoms with Crippen LogP contribution in [0.5, 0.6) is 0 Å². The Balaban J connectivity index is 2.13. The molecule has 1 amide bonds. The van der Waals surface area contributed by atoms with E-state index in [0.717, 1.165) is 13.1 Å². The summed E-state index contributed by atoms with van der Waals surface area (Å²) in [5.41, 5.74) is -1.30. The monoisotopic (exact) mass is 308 g/mol. The Kier molecular flexibility index (Phi) is 4.76. The van der Waals surface area contributed by atoms with Crippen molar-refractivity contribution in [3.63, 3.8) is 0 Å². The standard InChI is InChI=1S/C13H13F5N2O/c14-8-9(15)11(17)13(12(18)10(8)16)20-7(21)5-6-1-3-19-4-2-6/h6,19H,1-5H2,(H,20,21). The lowest BCUT2D eigenvalue weighted by atomic mass is 9.94. The van der Waals surface area contributed by atoms with Crippen LogP contribution in [0.1, 0.15) is 19.3 Å². The first-order chi connectivity index (χ1) is 9.91. The zero-order valence-electron chi connectivity index (χ0n) is 10.9. The van der Waals surface area contributed by atoms with Crippen LogP contribution in [0.15, 0.2) is 0 Å². The molecule has 21 heavy (non-hydrogen) atoms. The van der Waals surface area contributed by atoms with Crippen LogP contribution in [-0.4, -0.2) is 19.0 Å². The number of halogens is 5. The molecule has 0 aliphatic carbocycles. The first-order valence-electron chi connectivity index (χ1n) is 6.43. The van der Waals surface area contributed by atoms with Crippen molar-refractivity contribution >= 4 is 11.6 Å². The highest BCUT2D eigenvalue weighted by molar-refractivity contribution is 5.91. The van der Waals surface area contributed by atoms with Gasteiger partial charge in [-0.1, -0.05) is 0 Å². The van der Waals surface area contributed by atoms with Crippen LogP contribution in [0.2, 0.25) is 0 Å². The quantitative estimate of drug-likeness (QED) is 0.512. The summed E-state index contributed by atoms with van der Waals surface area (Å²) < 4.78 is 65.6. The topological polar surface area (TPSA) is 41.1 Å². The highest BCUT2D eigenvalue weighted by Gasteiger charge is 2.27. The molecule has 1 aromatic rings. The Morgan fingerprint density at radius 2 is 1.43 bits per heavy atom. The Morgan fingerprint density at radius 3 is 1.95 bits per heavy atom. The van der Waals surface area contributed by atoms with Crippen LogP contribution in [0.25, 0.3) is 0 Å². The highest BCUT2D eigenvalue weighted by Crippen LogP contribution is 2.27. The largest absolute Gasteiger partial charge is 0.321 e. The number of hydrogen-bond donors (Lipinski definition) is 2. The van der Waals surface area contributed by atoms with Gasteiger partial charge < -0.3 is 10.6 Å². The van der Waals surface area contributed by atoms with Crippen molar-refractivity contribution < 1.29 is 26.7 Å². The van der Waals surface area contributed by atoms with Gasteiger partial charge in [0.15, 0.2) is 23.3 Å². The number of anilines is 1. The zero-order valence-corrected chi connectivity index (χ0v) is 10.9. The third-order valence-electron chi connectivity index (χ3n) is 3.41. The smallest absolute Gasteiger partial charge is 0.224 e. The SMILES string of the molecule is O=C(CC1CCNCC1)Nc1c(F)c(F)c(F)c(F)c1F. The molecule has 1 saturated heterocycles. The Bertz CT molecular complexity index is 529. The van der Waals surface area contributed by atoms with Crippen LogP contribution < -0.4 is 10.6 Å². The maximum Gasteiger partial charge on any atom is 0.224 e. The minimum Gasteiger partial charge on any atom is -0.321 e. The minimum absolute atomic E-state index is 0.0208. The molecular formula is C13H13F5N2O. The predicted octanol–water partition coefficient (Wildman–Crippen LogP) is 2.71. The zero-order chi connectivity index (χ0) is 15.6. The fourth-order valence-electron chi connectivity index (χ4n) is 2.25. The lowest BCUT2D eigenvalue weighted by Crippen LogP contribution is -2.30. The van der Waals surface area contributed by atoms with E-state index in [1.165, 1.54) is 0 Å². The van der Waals surface area contributed by atoms with E-state index in [4.69, 9.17) is 0 Å². The number of carbonyl (C=O) groups excluding carboxylic acids is 1. The number of nitrogens with one attached hydrogen (secondary N) is 2. The molecule has 1 aliphatic heterocycles. The Labute approximate surface area is 117 Å². The second-order valence-electron chi connectivity index (χ2n) is 4.89. The van der Waals surface area contributed by atoms with Crippen LogP contribution in [0, 0.1) is 35.0 Å². The van der Waals surface area contributed by atoms with Gasteiger partial charge in [-0.3, -0.25) is 4.79 Å². The molecule has 1 aliphatic rings. The summed E-state index contributed by atoms with van der Waals surface area (Å²) >= 11 is 0. The molecule has 116 valence electrons. The van der Waals surface area contributed by atoms with Gasteiger partial charge in [0.2, 0.25) is 11.7 Å². The number of carbonyl (C=O) groups is 1. The fourth-order valence-corrected chi connectivity index (χ4v) is 2.25. The van der Waals surface area contributed by atoms with Crippen molar-refractivity contribution in [1.29, 1.82) is 0 Å². The molecule has 1 fully saturated rings. The molecule has 8 heteroatoms. The van der Waals surface area contributed by atoms with Crippen molar-refractivity contribution in [3.8, 4) is 0 Å². The van der Waals surface area contributed by atoms with Gasteiger partial charge in [0.05, 0.1) is 0 Å². The molecule has 0 atom stereocenters. The van der Waals surface area contributed by atoms with Gasteiger partial charge in [-0.05, 0) is 31.8 Å².